The molecule has 0 atom stereocenters. The van der Waals surface area contributed by atoms with E-state index in [4.69, 9.17) is 9.47 Å². The van der Waals surface area contributed by atoms with Gasteiger partial charge in [-0.05, 0) is 18.6 Å². The fraction of sp³-hybridized carbons (Fsp3) is 0.583. The summed E-state index contributed by atoms with van der Waals surface area (Å²) in [6, 6.07) is 5.92. The van der Waals surface area contributed by atoms with Crippen molar-refractivity contribution in [2.24, 2.45) is 0 Å². The van der Waals surface area contributed by atoms with Crippen LogP contribution in [0, 0.1) is 0 Å². The topological polar surface area (TPSA) is 43.4 Å². The Balaban J connectivity index is 1.89. The highest BCUT2D eigenvalue weighted by molar-refractivity contribution is 5.02. The van der Waals surface area contributed by atoms with Crippen molar-refractivity contribution in [2.75, 3.05) is 33.5 Å². The van der Waals surface area contributed by atoms with Gasteiger partial charge in [-0.1, -0.05) is 6.07 Å². The second kappa shape index (κ2) is 9.27. The molecule has 1 rings (SSSR count). The van der Waals surface area contributed by atoms with E-state index in [1.165, 1.54) is 0 Å². The molecule has 0 fully saturated rings. The second-order valence-electron chi connectivity index (χ2n) is 3.46. The minimum atomic E-state index is 0.733. The molecular weight excluding hydrogens is 204 g/mol. The SMILES string of the molecule is COCCCOCCNCc1ccccn1. The fourth-order valence-corrected chi connectivity index (χ4v) is 1.27. The Morgan fingerprint density at radius 3 is 2.94 bits per heavy atom. The van der Waals surface area contributed by atoms with Gasteiger partial charge in [-0.25, -0.2) is 0 Å². The predicted octanol–water partition coefficient (Wildman–Crippen LogP) is 1.22. The van der Waals surface area contributed by atoms with Crippen molar-refractivity contribution in [1.82, 2.24) is 10.3 Å². The molecule has 0 radical (unpaired) electrons. The van der Waals surface area contributed by atoms with E-state index in [-0.39, 0.29) is 0 Å². The molecule has 1 heterocycles. The normalized spacial score (nSPS) is 10.6. The molecule has 0 amide bonds. The number of nitrogens with one attached hydrogen (secondary N) is 1. The van der Waals surface area contributed by atoms with Crippen LogP contribution in [0.15, 0.2) is 24.4 Å². The van der Waals surface area contributed by atoms with Crippen LogP contribution in [-0.2, 0) is 16.0 Å². The van der Waals surface area contributed by atoms with Gasteiger partial charge in [0.25, 0.3) is 0 Å². The van der Waals surface area contributed by atoms with Gasteiger partial charge in [0.1, 0.15) is 0 Å². The van der Waals surface area contributed by atoms with Crippen LogP contribution >= 0.6 is 0 Å². The minimum Gasteiger partial charge on any atom is -0.385 e. The molecule has 1 N–H and O–H groups in total. The Bertz CT molecular complexity index is 254. The zero-order valence-corrected chi connectivity index (χ0v) is 9.82. The van der Waals surface area contributed by atoms with Gasteiger partial charge >= 0.3 is 0 Å². The minimum absolute atomic E-state index is 0.733. The molecule has 0 spiro atoms. The van der Waals surface area contributed by atoms with E-state index in [1.807, 2.05) is 18.2 Å². The first-order chi connectivity index (χ1) is 7.93. The maximum absolute atomic E-state index is 5.41. The molecular formula is C12H20N2O2. The van der Waals surface area contributed by atoms with E-state index < -0.39 is 0 Å². The molecule has 0 saturated carbocycles. The zero-order chi connectivity index (χ0) is 11.5. The summed E-state index contributed by atoms with van der Waals surface area (Å²) in [7, 11) is 1.70. The van der Waals surface area contributed by atoms with E-state index in [2.05, 4.69) is 10.3 Å². The van der Waals surface area contributed by atoms with Gasteiger partial charge in [-0.2, -0.15) is 0 Å². The van der Waals surface area contributed by atoms with Gasteiger partial charge in [0.05, 0.1) is 12.3 Å². The van der Waals surface area contributed by atoms with Gasteiger partial charge in [0, 0.05) is 39.6 Å². The lowest BCUT2D eigenvalue weighted by molar-refractivity contribution is 0.104. The summed E-state index contributed by atoms with van der Waals surface area (Å²) in [4.78, 5) is 4.22. The maximum Gasteiger partial charge on any atom is 0.0591 e. The number of pyridine rings is 1. The zero-order valence-electron chi connectivity index (χ0n) is 9.82. The number of nitrogens with zero attached hydrogens (tertiary/aromatic N) is 1. The highest BCUT2D eigenvalue weighted by atomic mass is 16.5. The highest BCUT2D eigenvalue weighted by Crippen LogP contribution is 1.91. The number of hydrogen-bond acceptors (Lipinski definition) is 4. The van der Waals surface area contributed by atoms with Crippen molar-refractivity contribution in [2.45, 2.75) is 13.0 Å². The Kier molecular flexibility index (Phi) is 7.59. The van der Waals surface area contributed by atoms with Gasteiger partial charge in [-0.3, -0.25) is 4.98 Å². The molecule has 0 aliphatic carbocycles. The smallest absolute Gasteiger partial charge is 0.0591 e. The summed E-state index contributed by atoms with van der Waals surface area (Å²) < 4.78 is 10.3. The largest absolute Gasteiger partial charge is 0.385 e. The van der Waals surface area contributed by atoms with Crippen LogP contribution < -0.4 is 5.32 Å². The van der Waals surface area contributed by atoms with Crippen LogP contribution in [-0.4, -0.2) is 38.5 Å². The third-order valence-corrected chi connectivity index (χ3v) is 2.09. The summed E-state index contributed by atoms with van der Waals surface area (Å²) in [5.74, 6) is 0. The second-order valence-corrected chi connectivity index (χ2v) is 3.46. The number of methoxy groups -OCH3 is 1. The average molecular weight is 224 g/mol. The summed E-state index contributed by atoms with van der Waals surface area (Å²) in [6.45, 7) is 3.91. The van der Waals surface area contributed by atoms with E-state index in [1.54, 1.807) is 13.3 Å². The quantitative estimate of drug-likeness (QED) is 0.641. The Labute approximate surface area is 97.0 Å². The van der Waals surface area contributed by atoms with Crippen LogP contribution in [0.5, 0.6) is 0 Å². The summed E-state index contributed by atoms with van der Waals surface area (Å²) in [6.07, 6.45) is 2.76. The maximum atomic E-state index is 5.41. The van der Waals surface area contributed by atoms with Crippen LogP contribution in [0.4, 0.5) is 0 Å². The van der Waals surface area contributed by atoms with Gasteiger partial charge < -0.3 is 14.8 Å². The monoisotopic (exact) mass is 224 g/mol. The van der Waals surface area contributed by atoms with Gasteiger partial charge in [-0.15, -0.1) is 0 Å². The first-order valence-electron chi connectivity index (χ1n) is 5.61. The molecule has 90 valence electrons. The lowest BCUT2D eigenvalue weighted by atomic mass is 10.3. The number of rotatable bonds is 9. The number of ether oxygens (including phenoxy) is 2. The molecule has 4 heteroatoms. The van der Waals surface area contributed by atoms with Crippen molar-refractivity contribution in [3.63, 3.8) is 0 Å². The molecule has 4 nitrogen and oxygen atoms in total. The van der Waals surface area contributed by atoms with Crippen LogP contribution in [0.25, 0.3) is 0 Å². The molecule has 0 bridgehead atoms. The Hall–Kier alpha value is -0.970. The average Bonchev–Trinajstić information content (AvgIpc) is 2.34. The van der Waals surface area contributed by atoms with Crippen molar-refractivity contribution < 1.29 is 9.47 Å². The Morgan fingerprint density at radius 1 is 1.25 bits per heavy atom. The first kappa shape index (κ1) is 13.1. The number of hydrogen-bond donors (Lipinski definition) is 1. The Morgan fingerprint density at radius 2 is 2.19 bits per heavy atom. The van der Waals surface area contributed by atoms with E-state index in [9.17, 15) is 0 Å². The lowest BCUT2D eigenvalue weighted by Gasteiger charge is -2.05. The molecule has 0 aliphatic heterocycles. The predicted molar refractivity (Wildman–Crippen MR) is 63.3 cm³/mol. The summed E-state index contributed by atoms with van der Waals surface area (Å²) >= 11 is 0. The fourth-order valence-electron chi connectivity index (χ4n) is 1.27. The van der Waals surface area contributed by atoms with Gasteiger partial charge in [0.15, 0.2) is 0 Å². The highest BCUT2D eigenvalue weighted by Gasteiger charge is 1.92. The molecule has 16 heavy (non-hydrogen) atoms. The number of aromatic nitrogens is 1. The van der Waals surface area contributed by atoms with Crippen molar-refractivity contribution in [3.8, 4) is 0 Å². The molecule has 0 saturated heterocycles. The van der Waals surface area contributed by atoms with Crippen molar-refractivity contribution in [3.05, 3.63) is 30.1 Å². The lowest BCUT2D eigenvalue weighted by Crippen LogP contribution is -2.20. The van der Waals surface area contributed by atoms with Crippen LogP contribution in [0.3, 0.4) is 0 Å². The molecule has 0 aromatic carbocycles. The summed E-state index contributed by atoms with van der Waals surface area (Å²) in [5.41, 5.74) is 1.06. The first-order valence-corrected chi connectivity index (χ1v) is 5.61. The van der Waals surface area contributed by atoms with Crippen molar-refractivity contribution >= 4 is 0 Å². The van der Waals surface area contributed by atoms with E-state index >= 15 is 0 Å². The standard InChI is InChI=1S/C12H20N2O2/c1-15-8-4-9-16-10-7-13-11-12-5-2-3-6-14-12/h2-3,5-6,13H,4,7-11H2,1H3. The van der Waals surface area contributed by atoms with Crippen LogP contribution in [0.2, 0.25) is 0 Å². The third kappa shape index (κ3) is 6.50. The molecule has 0 aliphatic rings. The third-order valence-electron chi connectivity index (χ3n) is 2.09. The molecule has 1 aromatic rings. The van der Waals surface area contributed by atoms with Crippen LogP contribution in [0.1, 0.15) is 12.1 Å². The van der Waals surface area contributed by atoms with Crippen molar-refractivity contribution in [1.29, 1.82) is 0 Å². The van der Waals surface area contributed by atoms with Gasteiger partial charge in [0.2, 0.25) is 0 Å². The summed E-state index contributed by atoms with van der Waals surface area (Å²) in [5, 5.41) is 3.27. The van der Waals surface area contributed by atoms with E-state index in [0.29, 0.717) is 0 Å². The van der Waals surface area contributed by atoms with E-state index in [0.717, 1.165) is 45.0 Å². The molecule has 0 unspecified atom stereocenters. The molecule has 1 aromatic heterocycles.